The van der Waals surface area contributed by atoms with Crippen LogP contribution in [0.15, 0.2) is 24.3 Å². The van der Waals surface area contributed by atoms with Crippen LogP contribution in [0.4, 0.5) is 4.39 Å². The van der Waals surface area contributed by atoms with Gasteiger partial charge in [-0.05, 0) is 18.5 Å². The molecule has 0 amide bonds. The Hall–Kier alpha value is -1.09. The number of hydrogen-bond donors (Lipinski definition) is 1. The molecule has 1 aromatic carbocycles. The Morgan fingerprint density at radius 2 is 2.06 bits per heavy atom. The van der Waals surface area contributed by atoms with Crippen LogP contribution in [0.2, 0.25) is 0 Å². The van der Waals surface area contributed by atoms with Gasteiger partial charge in [0.1, 0.15) is 19.0 Å². The first-order valence-electron chi connectivity index (χ1n) is 5.71. The molecule has 0 aliphatic rings. The molecule has 0 spiro atoms. The maximum absolute atomic E-state index is 12.0. The summed E-state index contributed by atoms with van der Waals surface area (Å²) >= 11 is 0. The van der Waals surface area contributed by atoms with Gasteiger partial charge < -0.3 is 10.1 Å². The van der Waals surface area contributed by atoms with Crippen LogP contribution in [-0.4, -0.2) is 19.8 Å². The maximum Gasteiger partial charge on any atom is 0.123 e. The summed E-state index contributed by atoms with van der Waals surface area (Å²) in [5.74, 6) is 1.40. The number of halogens is 1. The van der Waals surface area contributed by atoms with E-state index in [1.165, 1.54) is 0 Å². The van der Waals surface area contributed by atoms with Gasteiger partial charge in [0.2, 0.25) is 0 Å². The van der Waals surface area contributed by atoms with Crippen LogP contribution in [0, 0.1) is 5.92 Å². The predicted molar refractivity (Wildman–Crippen MR) is 64.5 cm³/mol. The van der Waals surface area contributed by atoms with Gasteiger partial charge in [0.15, 0.2) is 0 Å². The molecule has 0 aliphatic heterocycles. The van der Waals surface area contributed by atoms with E-state index in [4.69, 9.17) is 4.74 Å². The minimum absolute atomic E-state index is 0.126. The molecule has 0 unspecified atom stereocenters. The minimum atomic E-state index is -0.451. The fraction of sp³-hybridized carbons (Fsp3) is 0.538. The second kappa shape index (κ2) is 7.23. The van der Waals surface area contributed by atoms with E-state index in [9.17, 15) is 4.39 Å². The molecule has 90 valence electrons. The van der Waals surface area contributed by atoms with Crippen molar-refractivity contribution in [1.29, 1.82) is 0 Å². The van der Waals surface area contributed by atoms with Crippen molar-refractivity contribution in [1.82, 2.24) is 5.32 Å². The fourth-order valence-corrected chi connectivity index (χ4v) is 1.43. The largest absolute Gasteiger partial charge is 0.491 e. The molecule has 0 heterocycles. The summed E-state index contributed by atoms with van der Waals surface area (Å²) in [5, 5.41) is 3.34. The number of hydrogen-bond acceptors (Lipinski definition) is 2. The zero-order valence-corrected chi connectivity index (χ0v) is 10.0. The SMILES string of the molecule is CC(C)CNCc1ccccc1OCCF. The fourth-order valence-electron chi connectivity index (χ4n) is 1.43. The molecule has 0 fully saturated rings. The lowest BCUT2D eigenvalue weighted by molar-refractivity contribution is 0.270. The van der Waals surface area contributed by atoms with Gasteiger partial charge in [-0.25, -0.2) is 4.39 Å². The van der Waals surface area contributed by atoms with Crippen molar-refractivity contribution in [2.24, 2.45) is 5.92 Å². The Labute approximate surface area is 96.8 Å². The average molecular weight is 225 g/mol. The van der Waals surface area contributed by atoms with Gasteiger partial charge in [0, 0.05) is 12.1 Å². The molecular weight excluding hydrogens is 205 g/mol. The third-order valence-corrected chi connectivity index (χ3v) is 2.18. The lowest BCUT2D eigenvalue weighted by Gasteiger charge is -2.12. The van der Waals surface area contributed by atoms with Crippen molar-refractivity contribution < 1.29 is 9.13 Å². The molecule has 16 heavy (non-hydrogen) atoms. The van der Waals surface area contributed by atoms with Crippen LogP contribution >= 0.6 is 0 Å². The zero-order chi connectivity index (χ0) is 11.8. The first kappa shape index (κ1) is 13.0. The molecule has 1 N–H and O–H groups in total. The summed E-state index contributed by atoms with van der Waals surface area (Å²) in [6.07, 6.45) is 0. The zero-order valence-electron chi connectivity index (χ0n) is 10.0. The molecule has 1 aromatic rings. The number of para-hydroxylation sites is 1. The molecular formula is C13H20FNO. The Morgan fingerprint density at radius 1 is 1.31 bits per heavy atom. The van der Waals surface area contributed by atoms with Crippen molar-refractivity contribution in [3.63, 3.8) is 0 Å². The van der Waals surface area contributed by atoms with Crippen LogP contribution in [0.1, 0.15) is 19.4 Å². The van der Waals surface area contributed by atoms with Gasteiger partial charge in [0.25, 0.3) is 0 Å². The molecule has 0 aliphatic carbocycles. The molecule has 0 saturated heterocycles. The maximum atomic E-state index is 12.0. The number of ether oxygens (including phenoxy) is 1. The van der Waals surface area contributed by atoms with Crippen molar-refractivity contribution in [2.75, 3.05) is 19.8 Å². The first-order valence-corrected chi connectivity index (χ1v) is 5.71. The number of nitrogens with one attached hydrogen (secondary N) is 1. The van der Waals surface area contributed by atoms with Crippen molar-refractivity contribution in [3.8, 4) is 5.75 Å². The normalized spacial score (nSPS) is 10.8. The van der Waals surface area contributed by atoms with Crippen LogP contribution < -0.4 is 10.1 Å². The Balaban J connectivity index is 2.49. The van der Waals surface area contributed by atoms with Gasteiger partial charge in [-0.15, -0.1) is 0 Å². The smallest absolute Gasteiger partial charge is 0.123 e. The second-order valence-corrected chi connectivity index (χ2v) is 4.17. The van der Waals surface area contributed by atoms with E-state index in [2.05, 4.69) is 19.2 Å². The number of alkyl halides is 1. The van der Waals surface area contributed by atoms with Gasteiger partial charge in [-0.3, -0.25) is 0 Å². The van der Waals surface area contributed by atoms with E-state index in [-0.39, 0.29) is 6.61 Å². The number of benzene rings is 1. The van der Waals surface area contributed by atoms with Crippen molar-refractivity contribution >= 4 is 0 Å². The molecule has 0 radical (unpaired) electrons. The van der Waals surface area contributed by atoms with E-state index in [0.717, 1.165) is 24.4 Å². The summed E-state index contributed by atoms with van der Waals surface area (Å²) < 4.78 is 17.4. The van der Waals surface area contributed by atoms with E-state index >= 15 is 0 Å². The van der Waals surface area contributed by atoms with Gasteiger partial charge in [-0.2, -0.15) is 0 Å². The summed E-state index contributed by atoms with van der Waals surface area (Å²) in [5.41, 5.74) is 1.08. The Bertz CT molecular complexity index is 302. The highest BCUT2D eigenvalue weighted by molar-refractivity contribution is 5.33. The molecule has 0 aromatic heterocycles. The van der Waals surface area contributed by atoms with E-state index in [1.807, 2.05) is 24.3 Å². The summed E-state index contributed by atoms with van der Waals surface area (Å²) in [6, 6.07) is 7.75. The lowest BCUT2D eigenvalue weighted by atomic mass is 10.2. The molecule has 0 atom stereocenters. The van der Waals surface area contributed by atoms with Crippen molar-refractivity contribution in [3.05, 3.63) is 29.8 Å². The van der Waals surface area contributed by atoms with E-state index < -0.39 is 6.67 Å². The standard InChI is InChI=1S/C13H20FNO/c1-11(2)9-15-10-12-5-3-4-6-13(12)16-8-7-14/h3-6,11,15H,7-10H2,1-2H3. The van der Waals surface area contributed by atoms with Crippen LogP contribution in [-0.2, 0) is 6.54 Å². The summed E-state index contributed by atoms with van der Waals surface area (Å²) in [7, 11) is 0. The third kappa shape index (κ3) is 4.62. The van der Waals surface area contributed by atoms with Crippen LogP contribution in [0.3, 0.4) is 0 Å². The van der Waals surface area contributed by atoms with Crippen molar-refractivity contribution in [2.45, 2.75) is 20.4 Å². The quantitative estimate of drug-likeness (QED) is 0.770. The van der Waals surface area contributed by atoms with Gasteiger partial charge in [0.05, 0.1) is 0 Å². The van der Waals surface area contributed by atoms with Gasteiger partial charge in [-0.1, -0.05) is 32.0 Å². The Morgan fingerprint density at radius 3 is 2.75 bits per heavy atom. The lowest BCUT2D eigenvalue weighted by Crippen LogP contribution is -2.19. The monoisotopic (exact) mass is 225 g/mol. The van der Waals surface area contributed by atoms with Crippen LogP contribution in [0.5, 0.6) is 5.75 Å². The second-order valence-electron chi connectivity index (χ2n) is 4.17. The van der Waals surface area contributed by atoms with Crippen LogP contribution in [0.25, 0.3) is 0 Å². The molecule has 0 bridgehead atoms. The molecule has 2 nitrogen and oxygen atoms in total. The minimum Gasteiger partial charge on any atom is -0.491 e. The Kier molecular flexibility index (Phi) is 5.86. The molecule has 0 saturated carbocycles. The highest BCUT2D eigenvalue weighted by Crippen LogP contribution is 2.17. The summed E-state index contributed by atoms with van der Waals surface area (Å²) in [6.45, 7) is 5.74. The highest BCUT2D eigenvalue weighted by atomic mass is 19.1. The highest BCUT2D eigenvalue weighted by Gasteiger charge is 2.02. The average Bonchev–Trinajstić information content (AvgIpc) is 2.27. The predicted octanol–water partition coefficient (Wildman–Crippen LogP) is 2.78. The first-order chi connectivity index (χ1) is 7.74. The molecule has 1 rings (SSSR count). The van der Waals surface area contributed by atoms with E-state index in [0.29, 0.717) is 5.92 Å². The third-order valence-electron chi connectivity index (χ3n) is 2.18. The number of rotatable bonds is 7. The van der Waals surface area contributed by atoms with E-state index in [1.54, 1.807) is 0 Å². The molecule has 3 heteroatoms. The summed E-state index contributed by atoms with van der Waals surface area (Å²) in [4.78, 5) is 0. The topological polar surface area (TPSA) is 21.3 Å². The van der Waals surface area contributed by atoms with Gasteiger partial charge >= 0.3 is 0 Å².